The molecule has 5 rings (SSSR count). The molecule has 0 aromatic heterocycles. The Hall–Kier alpha value is -3.94. The van der Waals surface area contributed by atoms with Gasteiger partial charge in [-0.05, 0) is 35.9 Å². The van der Waals surface area contributed by atoms with E-state index in [0.29, 0.717) is 12.1 Å². The van der Waals surface area contributed by atoms with Crippen molar-refractivity contribution in [1.82, 2.24) is 4.90 Å². The lowest BCUT2D eigenvalue weighted by Crippen LogP contribution is -2.42. The van der Waals surface area contributed by atoms with Gasteiger partial charge >= 0.3 is 0 Å². The van der Waals surface area contributed by atoms with Gasteiger partial charge in [-0.3, -0.25) is 14.5 Å². The van der Waals surface area contributed by atoms with E-state index in [9.17, 15) is 9.59 Å². The monoisotopic (exact) mass is 482 g/mol. The van der Waals surface area contributed by atoms with Crippen LogP contribution in [0.1, 0.15) is 18.1 Å². The molecule has 1 saturated heterocycles. The van der Waals surface area contributed by atoms with Gasteiger partial charge in [0.05, 0.1) is 24.5 Å². The van der Waals surface area contributed by atoms with E-state index < -0.39 is 0 Å². The minimum atomic E-state index is -0.134. The van der Waals surface area contributed by atoms with Gasteiger partial charge in [-0.15, -0.1) is 0 Å². The molecule has 3 aromatic carbocycles. The van der Waals surface area contributed by atoms with E-state index in [4.69, 9.17) is 4.74 Å². The first kappa shape index (κ1) is 23.8. The fraction of sp³-hybridized carbons (Fsp3) is 0.241. The molecule has 36 heavy (non-hydrogen) atoms. The first-order valence-electron chi connectivity index (χ1n) is 12.3. The second-order valence-electron chi connectivity index (χ2n) is 8.91. The van der Waals surface area contributed by atoms with Crippen molar-refractivity contribution in [1.29, 1.82) is 0 Å². The Labute approximate surface area is 211 Å². The van der Waals surface area contributed by atoms with Gasteiger partial charge in [-0.25, -0.2) is 0 Å². The maximum absolute atomic E-state index is 13.0. The molecule has 184 valence electrons. The Kier molecular flexibility index (Phi) is 7.11. The summed E-state index contributed by atoms with van der Waals surface area (Å²) >= 11 is 0. The molecule has 0 unspecified atom stereocenters. The Morgan fingerprint density at radius 1 is 0.972 bits per heavy atom. The predicted molar refractivity (Wildman–Crippen MR) is 144 cm³/mol. The Balaban J connectivity index is 1.41. The number of rotatable bonds is 7. The number of carbonyl (C=O) groups excluding carboxylic acids is 2. The van der Waals surface area contributed by atoms with Gasteiger partial charge in [0.15, 0.2) is 0 Å². The smallest absolute Gasteiger partial charge is 0.258 e. The maximum Gasteiger partial charge on any atom is 0.258 e. The lowest BCUT2D eigenvalue weighted by Gasteiger charge is -2.29. The molecule has 2 N–H and O–H groups in total. The van der Waals surface area contributed by atoms with Gasteiger partial charge < -0.3 is 20.3 Å². The number of nitrogens with one attached hydrogen (secondary N) is 2. The van der Waals surface area contributed by atoms with E-state index in [0.717, 1.165) is 66.7 Å². The molecule has 0 radical (unpaired) electrons. The molecule has 7 nitrogen and oxygen atoms in total. The molecule has 0 spiro atoms. The molecule has 0 saturated carbocycles. The zero-order valence-electron chi connectivity index (χ0n) is 20.4. The van der Waals surface area contributed by atoms with E-state index in [1.807, 2.05) is 78.9 Å². The van der Waals surface area contributed by atoms with Crippen LogP contribution in [0.15, 0.2) is 78.9 Å². The number of fused-ring (bicyclic) bond motifs is 1. The minimum Gasteiger partial charge on any atom is -0.379 e. The van der Waals surface area contributed by atoms with Gasteiger partial charge in [-0.1, -0.05) is 48.5 Å². The van der Waals surface area contributed by atoms with E-state index >= 15 is 0 Å². The summed E-state index contributed by atoms with van der Waals surface area (Å²) in [4.78, 5) is 29.5. The highest BCUT2D eigenvalue weighted by molar-refractivity contribution is 6.37. The topological polar surface area (TPSA) is 73.9 Å². The zero-order valence-corrected chi connectivity index (χ0v) is 20.4. The van der Waals surface area contributed by atoms with Crippen molar-refractivity contribution in [2.24, 2.45) is 0 Å². The first-order valence-corrected chi connectivity index (χ1v) is 12.3. The summed E-state index contributed by atoms with van der Waals surface area (Å²) in [6.45, 7) is 6.29. The van der Waals surface area contributed by atoms with Gasteiger partial charge in [0.1, 0.15) is 0 Å². The predicted octanol–water partition coefficient (Wildman–Crippen LogP) is 4.30. The van der Waals surface area contributed by atoms with Crippen molar-refractivity contribution < 1.29 is 14.3 Å². The van der Waals surface area contributed by atoms with Crippen molar-refractivity contribution in [2.75, 3.05) is 54.9 Å². The number of benzene rings is 3. The number of anilines is 3. The highest BCUT2D eigenvalue weighted by Gasteiger charge is 2.28. The molecule has 3 aromatic rings. The number of morpholine rings is 1. The third-order valence-corrected chi connectivity index (χ3v) is 6.56. The molecule has 2 heterocycles. The summed E-state index contributed by atoms with van der Waals surface area (Å²) in [5.74, 6) is -0.125. The molecule has 2 aliphatic heterocycles. The number of carbonyl (C=O) groups is 2. The molecule has 7 heteroatoms. The van der Waals surface area contributed by atoms with Crippen LogP contribution in [0.4, 0.5) is 17.1 Å². The molecule has 0 bridgehead atoms. The van der Waals surface area contributed by atoms with Gasteiger partial charge in [0.2, 0.25) is 5.91 Å². The molecule has 0 aliphatic carbocycles. The number of nitrogens with zero attached hydrogens (tertiary/aromatic N) is 2. The number of ether oxygens (including phenoxy) is 1. The van der Waals surface area contributed by atoms with Crippen molar-refractivity contribution in [3.05, 3.63) is 90.0 Å². The molecule has 2 amide bonds. The van der Waals surface area contributed by atoms with Gasteiger partial charge in [-0.2, -0.15) is 0 Å². The van der Waals surface area contributed by atoms with Crippen LogP contribution in [-0.4, -0.2) is 56.1 Å². The summed E-state index contributed by atoms with van der Waals surface area (Å²) in [5.41, 5.74) is 5.62. The van der Waals surface area contributed by atoms with E-state index in [-0.39, 0.29) is 11.8 Å². The molecule has 0 atom stereocenters. The maximum atomic E-state index is 13.0. The van der Waals surface area contributed by atoms with Crippen LogP contribution in [0, 0.1) is 0 Å². The Morgan fingerprint density at radius 2 is 1.67 bits per heavy atom. The first-order chi connectivity index (χ1) is 17.6. The average Bonchev–Trinajstić information content (AvgIpc) is 3.24. The van der Waals surface area contributed by atoms with Crippen molar-refractivity contribution in [2.45, 2.75) is 6.92 Å². The Morgan fingerprint density at radius 3 is 2.39 bits per heavy atom. The lowest BCUT2D eigenvalue weighted by atomic mass is 10.00. The largest absolute Gasteiger partial charge is 0.379 e. The van der Waals surface area contributed by atoms with E-state index in [2.05, 4.69) is 15.5 Å². The Bertz CT molecular complexity index is 1270. The molecule has 2 aliphatic rings. The van der Waals surface area contributed by atoms with Crippen molar-refractivity contribution in [3.63, 3.8) is 0 Å². The van der Waals surface area contributed by atoms with Crippen LogP contribution in [0.2, 0.25) is 0 Å². The number of hydrogen-bond donors (Lipinski definition) is 2. The highest BCUT2D eigenvalue weighted by Crippen LogP contribution is 2.37. The van der Waals surface area contributed by atoms with Crippen LogP contribution in [0.5, 0.6) is 0 Å². The third-order valence-electron chi connectivity index (χ3n) is 6.56. The summed E-state index contributed by atoms with van der Waals surface area (Å²) < 4.78 is 5.42. The zero-order chi connectivity index (χ0) is 24.9. The third kappa shape index (κ3) is 5.17. The van der Waals surface area contributed by atoms with Crippen molar-refractivity contribution >= 4 is 40.1 Å². The van der Waals surface area contributed by atoms with Gasteiger partial charge in [0, 0.05) is 55.7 Å². The molecule has 1 fully saturated rings. The fourth-order valence-corrected chi connectivity index (χ4v) is 4.65. The van der Waals surface area contributed by atoms with Crippen LogP contribution in [-0.2, 0) is 14.3 Å². The molecular weight excluding hydrogens is 452 g/mol. The van der Waals surface area contributed by atoms with Crippen LogP contribution in [0.3, 0.4) is 0 Å². The van der Waals surface area contributed by atoms with E-state index in [1.165, 1.54) is 0 Å². The van der Waals surface area contributed by atoms with E-state index in [1.54, 1.807) is 11.8 Å². The second kappa shape index (κ2) is 10.8. The average molecular weight is 483 g/mol. The minimum absolute atomic E-state index is 0.00953. The van der Waals surface area contributed by atoms with Crippen molar-refractivity contribution in [3.8, 4) is 0 Å². The van der Waals surface area contributed by atoms with Crippen LogP contribution >= 0.6 is 0 Å². The molecular formula is C29H30N4O3. The normalized spacial score (nSPS) is 16.8. The summed E-state index contributed by atoms with van der Waals surface area (Å²) in [6.07, 6.45) is 0. The summed E-state index contributed by atoms with van der Waals surface area (Å²) in [5, 5.41) is 6.45. The highest BCUT2D eigenvalue weighted by atomic mass is 16.5. The fourth-order valence-electron chi connectivity index (χ4n) is 4.65. The lowest BCUT2D eigenvalue weighted by molar-refractivity contribution is -0.116. The van der Waals surface area contributed by atoms with Crippen LogP contribution < -0.4 is 15.5 Å². The SMILES string of the molecule is CC(=O)N(CCN1CCOCC1)c1ccc(N/C(=C2\C(=O)Nc3ccccc32)c2ccccc2)cc1. The van der Waals surface area contributed by atoms with Crippen LogP contribution in [0.25, 0.3) is 11.3 Å². The summed E-state index contributed by atoms with van der Waals surface area (Å²) in [6, 6.07) is 25.3. The standard InChI is InChI=1S/C29H30N4O3/c1-21(34)33(16-15-32-17-19-36-20-18-32)24-13-11-23(12-14-24)30-28(22-7-3-2-4-8-22)27-25-9-5-6-10-26(25)31-29(27)35/h2-14,30H,15-20H2,1H3,(H,31,35)/b28-27-. The van der Waals surface area contributed by atoms with Gasteiger partial charge in [0.25, 0.3) is 5.91 Å². The summed E-state index contributed by atoms with van der Waals surface area (Å²) in [7, 11) is 0. The second-order valence-corrected chi connectivity index (χ2v) is 8.91. The number of hydrogen-bond acceptors (Lipinski definition) is 5. The quantitative estimate of drug-likeness (QED) is 0.491. The number of amides is 2. The number of para-hydroxylation sites is 1.